The van der Waals surface area contributed by atoms with E-state index in [0.717, 1.165) is 5.56 Å². The van der Waals surface area contributed by atoms with E-state index in [2.05, 4.69) is 22.4 Å². The molecule has 0 bridgehead atoms. The highest BCUT2D eigenvalue weighted by Crippen LogP contribution is 2.47. The molecule has 5 nitrogen and oxygen atoms in total. The van der Waals surface area contributed by atoms with E-state index in [1.807, 2.05) is 36.1 Å². The molecule has 2 amide bonds. The number of nitrogens with zero attached hydrogens (tertiary/aromatic N) is 2. The highest BCUT2D eigenvalue weighted by Gasteiger charge is 2.52. The number of likely N-dealkylation sites (tertiary alicyclic amines) is 1. The SMILES string of the molecule is Cc1cncc(C(=O)N2CCC3(CC2)C(=O)NCC3c2ccccc2)c1. The molecule has 1 aromatic heterocycles. The third-order valence-corrected chi connectivity index (χ3v) is 5.85. The van der Waals surface area contributed by atoms with Crippen LogP contribution < -0.4 is 5.32 Å². The molecule has 2 aliphatic rings. The molecule has 26 heavy (non-hydrogen) atoms. The first kappa shape index (κ1) is 16.8. The van der Waals surface area contributed by atoms with Crippen molar-refractivity contribution in [3.63, 3.8) is 0 Å². The minimum atomic E-state index is -0.400. The lowest BCUT2D eigenvalue weighted by Gasteiger charge is -2.41. The van der Waals surface area contributed by atoms with E-state index >= 15 is 0 Å². The van der Waals surface area contributed by atoms with Gasteiger partial charge in [0.1, 0.15) is 0 Å². The van der Waals surface area contributed by atoms with Gasteiger partial charge in [-0.05, 0) is 37.0 Å². The van der Waals surface area contributed by atoms with E-state index in [1.54, 1.807) is 12.4 Å². The Labute approximate surface area is 153 Å². The van der Waals surface area contributed by atoms with Crippen molar-refractivity contribution < 1.29 is 9.59 Å². The van der Waals surface area contributed by atoms with Crippen LogP contribution in [-0.4, -0.2) is 41.3 Å². The number of rotatable bonds is 2. The van der Waals surface area contributed by atoms with Gasteiger partial charge in [-0.25, -0.2) is 0 Å². The molecule has 0 aliphatic carbocycles. The smallest absolute Gasteiger partial charge is 0.255 e. The van der Waals surface area contributed by atoms with Gasteiger partial charge in [-0.15, -0.1) is 0 Å². The van der Waals surface area contributed by atoms with Gasteiger partial charge in [0.2, 0.25) is 5.91 Å². The highest BCUT2D eigenvalue weighted by molar-refractivity contribution is 5.94. The van der Waals surface area contributed by atoms with Crippen LogP contribution in [0.4, 0.5) is 0 Å². The maximum absolute atomic E-state index is 12.8. The summed E-state index contributed by atoms with van der Waals surface area (Å²) in [6.07, 6.45) is 4.76. The number of nitrogens with one attached hydrogen (secondary N) is 1. The van der Waals surface area contributed by atoms with Crippen LogP contribution in [0.5, 0.6) is 0 Å². The normalized spacial score (nSPS) is 21.7. The number of carbonyl (C=O) groups excluding carboxylic acids is 2. The number of aryl methyl sites for hydroxylation is 1. The van der Waals surface area contributed by atoms with Crippen LogP contribution in [-0.2, 0) is 4.79 Å². The lowest BCUT2D eigenvalue weighted by atomic mass is 9.68. The molecule has 0 saturated carbocycles. The maximum Gasteiger partial charge on any atom is 0.255 e. The van der Waals surface area contributed by atoms with Crippen LogP contribution in [0.25, 0.3) is 0 Å². The number of carbonyl (C=O) groups is 2. The summed E-state index contributed by atoms with van der Waals surface area (Å²) in [4.78, 5) is 31.5. The molecule has 1 atom stereocenters. The third kappa shape index (κ3) is 2.77. The van der Waals surface area contributed by atoms with Crippen molar-refractivity contribution >= 4 is 11.8 Å². The quantitative estimate of drug-likeness (QED) is 0.906. The molecule has 1 aromatic carbocycles. The van der Waals surface area contributed by atoms with Gasteiger partial charge >= 0.3 is 0 Å². The number of hydrogen-bond acceptors (Lipinski definition) is 3. The Bertz CT molecular complexity index is 826. The van der Waals surface area contributed by atoms with Crippen molar-refractivity contribution in [2.24, 2.45) is 5.41 Å². The van der Waals surface area contributed by atoms with Gasteiger partial charge < -0.3 is 10.2 Å². The summed E-state index contributed by atoms with van der Waals surface area (Å²) in [5, 5.41) is 3.06. The maximum atomic E-state index is 12.8. The van der Waals surface area contributed by atoms with Crippen molar-refractivity contribution in [2.45, 2.75) is 25.7 Å². The Balaban J connectivity index is 1.53. The predicted octanol–water partition coefficient (Wildman–Crippen LogP) is 2.53. The van der Waals surface area contributed by atoms with Gasteiger partial charge in [-0.1, -0.05) is 30.3 Å². The van der Waals surface area contributed by atoms with E-state index in [9.17, 15) is 9.59 Å². The lowest BCUT2D eigenvalue weighted by Crippen LogP contribution is -2.47. The second-order valence-corrected chi connectivity index (χ2v) is 7.37. The summed E-state index contributed by atoms with van der Waals surface area (Å²) in [7, 11) is 0. The van der Waals surface area contributed by atoms with Gasteiger partial charge in [0.15, 0.2) is 0 Å². The lowest BCUT2D eigenvalue weighted by molar-refractivity contribution is -0.130. The predicted molar refractivity (Wildman–Crippen MR) is 98.7 cm³/mol. The fraction of sp³-hybridized carbons (Fsp3) is 0.381. The van der Waals surface area contributed by atoms with Gasteiger partial charge in [0.25, 0.3) is 5.91 Å². The van der Waals surface area contributed by atoms with Crippen LogP contribution in [0, 0.1) is 12.3 Å². The minimum absolute atomic E-state index is 0.00529. The van der Waals surface area contributed by atoms with Gasteiger partial charge in [-0.3, -0.25) is 14.6 Å². The summed E-state index contributed by atoms with van der Waals surface area (Å²) < 4.78 is 0. The van der Waals surface area contributed by atoms with Crippen molar-refractivity contribution in [1.29, 1.82) is 0 Å². The van der Waals surface area contributed by atoms with Crippen molar-refractivity contribution in [1.82, 2.24) is 15.2 Å². The number of benzene rings is 1. The molecular weight excluding hydrogens is 326 g/mol. The number of pyridine rings is 1. The van der Waals surface area contributed by atoms with Crippen molar-refractivity contribution in [3.05, 3.63) is 65.5 Å². The molecule has 3 heterocycles. The molecule has 2 aliphatic heterocycles. The molecule has 1 unspecified atom stereocenters. The molecule has 0 radical (unpaired) electrons. The molecule has 134 valence electrons. The van der Waals surface area contributed by atoms with Crippen LogP contribution in [0.3, 0.4) is 0 Å². The zero-order valence-electron chi connectivity index (χ0n) is 14.9. The van der Waals surface area contributed by atoms with E-state index in [4.69, 9.17) is 0 Å². The highest BCUT2D eigenvalue weighted by atomic mass is 16.2. The number of hydrogen-bond donors (Lipinski definition) is 1. The zero-order valence-corrected chi connectivity index (χ0v) is 14.9. The zero-order chi connectivity index (χ0) is 18.1. The van der Waals surface area contributed by atoms with E-state index in [1.165, 1.54) is 5.56 Å². The number of amides is 2. The second-order valence-electron chi connectivity index (χ2n) is 7.37. The first-order valence-corrected chi connectivity index (χ1v) is 9.14. The second kappa shape index (κ2) is 6.56. The van der Waals surface area contributed by atoms with Crippen molar-refractivity contribution in [2.75, 3.05) is 19.6 Å². The monoisotopic (exact) mass is 349 g/mol. The van der Waals surface area contributed by atoms with Crippen molar-refractivity contribution in [3.8, 4) is 0 Å². The Morgan fingerprint density at radius 1 is 1.19 bits per heavy atom. The standard InChI is InChI=1S/C21H23N3O2/c1-15-11-17(13-22-12-15)19(25)24-9-7-21(8-10-24)18(14-23-20(21)26)16-5-3-2-4-6-16/h2-6,11-13,18H,7-10,14H2,1H3,(H,23,26). The fourth-order valence-electron chi connectivity index (χ4n) is 4.39. The van der Waals surface area contributed by atoms with Crippen LogP contribution in [0.1, 0.15) is 40.2 Å². The molecule has 2 aromatic rings. The summed E-state index contributed by atoms with van der Waals surface area (Å²) >= 11 is 0. The molecule has 4 rings (SSSR count). The average molecular weight is 349 g/mol. The van der Waals surface area contributed by atoms with E-state index in [-0.39, 0.29) is 17.7 Å². The Hall–Kier alpha value is -2.69. The summed E-state index contributed by atoms with van der Waals surface area (Å²) in [5.41, 5.74) is 2.40. The summed E-state index contributed by atoms with van der Waals surface area (Å²) in [5.74, 6) is 0.315. The van der Waals surface area contributed by atoms with E-state index in [0.29, 0.717) is 38.0 Å². The summed E-state index contributed by atoms with van der Waals surface area (Å²) in [6, 6.07) is 12.1. The molecule has 5 heteroatoms. The molecule has 1 spiro atoms. The Kier molecular flexibility index (Phi) is 4.23. The molecular formula is C21H23N3O2. The Morgan fingerprint density at radius 3 is 2.62 bits per heavy atom. The summed E-state index contributed by atoms with van der Waals surface area (Å²) in [6.45, 7) is 3.81. The van der Waals surface area contributed by atoms with Gasteiger partial charge in [0, 0.05) is 37.9 Å². The Morgan fingerprint density at radius 2 is 1.92 bits per heavy atom. The number of piperidine rings is 1. The van der Waals surface area contributed by atoms with E-state index < -0.39 is 5.41 Å². The molecule has 2 saturated heterocycles. The van der Waals surface area contributed by atoms with Gasteiger partial charge in [0.05, 0.1) is 11.0 Å². The molecule has 2 fully saturated rings. The van der Waals surface area contributed by atoms with Gasteiger partial charge in [-0.2, -0.15) is 0 Å². The van der Waals surface area contributed by atoms with Crippen LogP contribution >= 0.6 is 0 Å². The molecule has 1 N–H and O–H groups in total. The topological polar surface area (TPSA) is 62.3 Å². The number of aromatic nitrogens is 1. The average Bonchev–Trinajstić information content (AvgIpc) is 2.98. The third-order valence-electron chi connectivity index (χ3n) is 5.85. The fourth-order valence-corrected chi connectivity index (χ4v) is 4.39. The van der Waals surface area contributed by atoms with Crippen LogP contribution in [0.2, 0.25) is 0 Å². The first-order chi connectivity index (χ1) is 12.6. The first-order valence-electron chi connectivity index (χ1n) is 9.14. The largest absolute Gasteiger partial charge is 0.355 e. The minimum Gasteiger partial charge on any atom is -0.355 e. The van der Waals surface area contributed by atoms with Crippen LogP contribution in [0.15, 0.2) is 48.8 Å².